The van der Waals surface area contributed by atoms with Gasteiger partial charge in [-0.2, -0.15) is 0 Å². The molecule has 0 saturated carbocycles. The van der Waals surface area contributed by atoms with Gasteiger partial charge in [0, 0.05) is 25.1 Å². The Morgan fingerprint density at radius 1 is 1.41 bits per heavy atom. The molecule has 90 valence electrons. The fraction of sp³-hybridized carbons (Fsp3) is 0.385. The maximum absolute atomic E-state index is 11.8. The first-order valence-electron chi connectivity index (χ1n) is 5.85. The quantitative estimate of drug-likeness (QED) is 0.854. The monoisotopic (exact) mass is 232 g/mol. The molecule has 1 aromatic carbocycles. The molecule has 1 aromatic rings. The molecular weight excluding hydrogens is 216 g/mol. The van der Waals surface area contributed by atoms with Gasteiger partial charge in [0.15, 0.2) is 0 Å². The minimum atomic E-state index is -0.0600. The summed E-state index contributed by atoms with van der Waals surface area (Å²) in [5.41, 5.74) is 0.894. The maximum Gasteiger partial charge on any atom is 0.229 e. The zero-order valence-electron chi connectivity index (χ0n) is 9.85. The highest BCUT2D eigenvalue weighted by Gasteiger charge is 2.30. The average molecular weight is 232 g/mol. The Morgan fingerprint density at radius 2 is 2.12 bits per heavy atom. The van der Waals surface area contributed by atoms with Crippen molar-refractivity contribution in [2.75, 3.05) is 11.4 Å². The normalized spacial score (nSPS) is 19.5. The average Bonchev–Trinajstić information content (AvgIpc) is 2.71. The van der Waals surface area contributed by atoms with Crippen LogP contribution in [0, 0.1) is 0 Å². The van der Waals surface area contributed by atoms with Crippen LogP contribution in [0.5, 0.6) is 0 Å². The van der Waals surface area contributed by atoms with Crippen LogP contribution in [-0.4, -0.2) is 24.4 Å². The molecule has 1 saturated heterocycles. The van der Waals surface area contributed by atoms with Gasteiger partial charge in [0.05, 0.1) is 6.04 Å². The lowest BCUT2D eigenvalue weighted by Gasteiger charge is -2.16. The van der Waals surface area contributed by atoms with Crippen molar-refractivity contribution >= 4 is 17.5 Å². The number of carbonyl (C=O) groups excluding carboxylic acids is 2. The van der Waals surface area contributed by atoms with E-state index in [1.165, 1.54) is 0 Å². The van der Waals surface area contributed by atoms with Crippen molar-refractivity contribution in [1.29, 1.82) is 0 Å². The Balaban J connectivity index is 2.03. The molecule has 1 fully saturated rings. The van der Waals surface area contributed by atoms with Crippen LogP contribution in [0.3, 0.4) is 0 Å². The number of amides is 2. The molecule has 0 aliphatic carbocycles. The number of para-hydroxylation sites is 1. The standard InChI is InChI=1S/C13H16N2O2/c1-2-12(16)14-10-8-13(17)15(9-10)11-6-4-3-5-7-11/h3-7,10H,2,8-9H2,1H3,(H,14,16). The van der Waals surface area contributed by atoms with E-state index in [1.807, 2.05) is 30.3 Å². The van der Waals surface area contributed by atoms with Crippen molar-refractivity contribution in [3.05, 3.63) is 30.3 Å². The summed E-state index contributed by atoms with van der Waals surface area (Å²) < 4.78 is 0. The third-order valence-electron chi connectivity index (χ3n) is 2.88. The third kappa shape index (κ3) is 2.64. The Bertz CT molecular complexity index is 417. The summed E-state index contributed by atoms with van der Waals surface area (Å²) in [7, 11) is 0. The van der Waals surface area contributed by atoms with Crippen LogP contribution in [0.15, 0.2) is 30.3 Å². The number of nitrogens with zero attached hydrogens (tertiary/aromatic N) is 1. The molecule has 1 heterocycles. The first kappa shape index (κ1) is 11.6. The molecule has 1 aliphatic heterocycles. The highest BCUT2D eigenvalue weighted by atomic mass is 16.2. The maximum atomic E-state index is 11.8. The number of benzene rings is 1. The highest BCUT2D eigenvalue weighted by molar-refractivity contribution is 5.96. The van der Waals surface area contributed by atoms with E-state index in [0.717, 1.165) is 5.69 Å². The second-order valence-corrected chi connectivity index (χ2v) is 4.16. The second-order valence-electron chi connectivity index (χ2n) is 4.16. The van der Waals surface area contributed by atoms with Gasteiger partial charge >= 0.3 is 0 Å². The smallest absolute Gasteiger partial charge is 0.229 e. The summed E-state index contributed by atoms with van der Waals surface area (Å²) in [6, 6.07) is 9.47. The van der Waals surface area contributed by atoms with Crippen LogP contribution in [0.4, 0.5) is 5.69 Å². The molecule has 1 unspecified atom stereocenters. The minimum Gasteiger partial charge on any atom is -0.351 e. The fourth-order valence-corrected chi connectivity index (χ4v) is 1.99. The Kier molecular flexibility index (Phi) is 3.42. The van der Waals surface area contributed by atoms with Crippen LogP contribution in [0.1, 0.15) is 19.8 Å². The minimum absolute atomic E-state index is 0.00212. The zero-order chi connectivity index (χ0) is 12.3. The molecular formula is C13H16N2O2. The predicted octanol–water partition coefficient (Wildman–Crippen LogP) is 1.32. The summed E-state index contributed by atoms with van der Waals surface area (Å²) >= 11 is 0. The lowest BCUT2D eigenvalue weighted by Crippen LogP contribution is -2.36. The van der Waals surface area contributed by atoms with Gasteiger partial charge in [-0.1, -0.05) is 25.1 Å². The van der Waals surface area contributed by atoms with Crippen molar-refractivity contribution in [1.82, 2.24) is 5.32 Å². The second kappa shape index (κ2) is 4.99. The van der Waals surface area contributed by atoms with Crippen molar-refractivity contribution < 1.29 is 9.59 Å². The molecule has 0 radical (unpaired) electrons. The van der Waals surface area contributed by atoms with Crippen molar-refractivity contribution in [3.63, 3.8) is 0 Å². The predicted molar refractivity (Wildman–Crippen MR) is 65.6 cm³/mol. The van der Waals surface area contributed by atoms with Crippen LogP contribution in [0.25, 0.3) is 0 Å². The van der Waals surface area contributed by atoms with Crippen LogP contribution < -0.4 is 10.2 Å². The number of carbonyl (C=O) groups is 2. The van der Waals surface area contributed by atoms with Gasteiger partial charge in [-0.25, -0.2) is 0 Å². The molecule has 4 nitrogen and oxygen atoms in total. The van der Waals surface area contributed by atoms with Crippen molar-refractivity contribution in [3.8, 4) is 0 Å². The number of hydrogen-bond acceptors (Lipinski definition) is 2. The van der Waals surface area contributed by atoms with E-state index in [2.05, 4.69) is 5.32 Å². The van der Waals surface area contributed by atoms with Gasteiger partial charge in [0.2, 0.25) is 11.8 Å². The molecule has 0 spiro atoms. The van der Waals surface area contributed by atoms with Gasteiger partial charge < -0.3 is 10.2 Å². The number of nitrogens with one attached hydrogen (secondary N) is 1. The number of anilines is 1. The molecule has 2 amide bonds. The lowest BCUT2D eigenvalue weighted by atomic mass is 10.2. The van der Waals surface area contributed by atoms with Gasteiger partial charge in [-0.05, 0) is 12.1 Å². The first-order valence-corrected chi connectivity index (χ1v) is 5.85. The summed E-state index contributed by atoms with van der Waals surface area (Å²) in [5.74, 6) is 0.0651. The summed E-state index contributed by atoms with van der Waals surface area (Å²) in [4.78, 5) is 24.8. The van der Waals surface area contributed by atoms with Crippen molar-refractivity contribution in [2.45, 2.75) is 25.8 Å². The Labute approximate surface area is 101 Å². The van der Waals surface area contributed by atoms with E-state index < -0.39 is 0 Å². The molecule has 1 N–H and O–H groups in total. The van der Waals surface area contributed by atoms with E-state index in [4.69, 9.17) is 0 Å². The van der Waals surface area contributed by atoms with E-state index in [0.29, 0.717) is 19.4 Å². The summed E-state index contributed by atoms with van der Waals surface area (Å²) in [6.45, 7) is 2.37. The molecule has 17 heavy (non-hydrogen) atoms. The van der Waals surface area contributed by atoms with Gasteiger partial charge in [0.1, 0.15) is 0 Å². The van der Waals surface area contributed by atoms with Crippen LogP contribution in [-0.2, 0) is 9.59 Å². The third-order valence-corrected chi connectivity index (χ3v) is 2.88. The van der Waals surface area contributed by atoms with E-state index in [9.17, 15) is 9.59 Å². The lowest BCUT2D eigenvalue weighted by molar-refractivity contribution is -0.121. The molecule has 0 aromatic heterocycles. The van der Waals surface area contributed by atoms with Crippen LogP contribution in [0.2, 0.25) is 0 Å². The Hall–Kier alpha value is -1.84. The molecule has 0 bridgehead atoms. The molecule has 1 aliphatic rings. The van der Waals surface area contributed by atoms with Gasteiger partial charge in [-0.3, -0.25) is 9.59 Å². The topological polar surface area (TPSA) is 49.4 Å². The molecule has 1 atom stereocenters. The van der Waals surface area contributed by atoms with E-state index >= 15 is 0 Å². The molecule has 4 heteroatoms. The number of hydrogen-bond donors (Lipinski definition) is 1. The molecule has 2 rings (SSSR count). The Morgan fingerprint density at radius 3 is 2.76 bits per heavy atom. The summed E-state index contributed by atoms with van der Waals surface area (Å²) in [5, 5.41) is 2.86. The van der Waals surface area contributed by atoms with Crippen LogP contribution >= 0.6 is 0 Å². The van der Waals surface area contributed by atoms with Crippen molar-refractivity contribution in [2.24, 2.45) is 0 Å². The summed E-state index contributed by atoms with van der Waals surface area (Å²) in [6.07, 6.45) is 0.844. The fourth-order valence-electron chi connectivity index (χ4n) is 1.99. The highest BCUT2D eigenvalue weighted by Crippen LogP contribution is 2.20. The zero-order valence-corrected chi connectivity index (χ0v) is 9.85. The first-order chi connectivity index (χ1) is 8.20. The van der Waals surface area contributed by atoms with Gasteiger partial charge in [0.25, 0.3) is 0 Å². The van der Waals surface area contributed by atoms with E-state index in [-0.39, 0.29) is 17.9 Å². The number of rotatable bonds is 3. The largest absolute Gasteiger partial charge is 0.351 e. The SMILES string of the molecule is CCC(=O)NC1CC(=O)N(c2ccccc2)C1. The van der Waals surface area contributed by atoms with Gasteiger partial charge in [-0.15, -0.1) is 0 Å². The van der Waals surface area contributed by atoms with E-state index in [1.54, 1.807) is 11.8 Å².